The Morgan fingerprint density at radius 3 is 2.38 bits per heavy atom. The summed E-state index contributed by atoms with van der Waals surface area (Å²) >= 11 is 0. The Balaban J connectivity index is 1.54. The molecule has 3 rings (SSSR count). The lowest BCUT2D eigenvalue weighted by molar-refractivity contribution is -0.385. The summed E-state index contributed by atoms with van der Waals surface area (Å²) in [6, 6.07) is 12.5. The van der Waals surface area contributed by atoms with E-state index in [9.17, 15) is 19.7 Å². The molecule has 1 aliphatic rings. The molecular weight excluding hydrogens is 376 g/mol. The maximum Gasteiger partial charge on any atom is 0.310 e. The normalized spacial score (nSPS) is 14.3. The molecule has 1 aliphatic heterocycles. The van der Waals surface area contributed by atoms with E-state index >= 15 is 0 Å². The van der Waals surface area contributed by atoms with E-state index in [1.807, 2.05) is 11.9 Å². The van der Waals surface area contributed by atoms with Crippen molar-refractivity contribution in [1.29, 1.82) is 0 Å². The van der Waals surface area contributed by atoms with E-state index in [4.69, 9.17) is 4.74 Å². The highest BCUT2D eigenvalue weighted by Crippen LogP contribution is 2.25. The number of hydrogen-bond donors (Lipinski definition) is 1. The number of rotatable bonds is 6. The van der Waals surface area contributed by atoms with Crippen LogP contribution in [0, 0.1) is 10.1 Å². The minimum absolute atomic E-state index is 0.0285. The fourth-order valence-corrected chi connectivity index (χ4v) is 2.96. The van der Waals surface area contributed by atoms with Crippen LogP contribution in [0.5, 0.6) is 5.75 Å². The van der Waals surface area contributed by atoms with Crippen LogP contribution < -0.4 is 10.1 Å². The van der Waals surface area contributed by atoms with Crippen LogP contribution in [0.2, 0.25) is 0 Å². The molecule has 2 amide bonds. The summed E-state index contributed by atoms with van der Waals surface area (Å²) < 4.78 is 5.26. The molecule has 0 unspecified atom stereocenters. The van der Waals surface area contributed by atoms with Crippen LogP contribution in [0.15, 0.2) is 48.5 Å². The van der Waals surface area contributed by atoms with Crippen LogP contribution in [0.4, 0.5) is 11.4 Å². The van der Waals surface area contributed by atoms with Gasteiger partial charge in [-0.3, -0.25) is 19.7 Å². The van der Waals surface area contributed by atoms with Gasteiger partial charge in [-0.25, -0.2) is 0 Å². The van der Waals surface area contributed by atoms with Gasteiger partial charge in [-0.1, -0.05) is 12.1 Å². The zero-order valence-corrected chi connectivity index (χ0v) is 16.0. The molecule has 2 aromatic carbocycles. The maximum absolute atomic E-state index is 12.5. The van der Waals surface area contributed by atoms with Crippen LogP contribution >= 0.6 is 0 Å². The molecule has 0 saturated carbocycles. The lowest BCUT2D eigenvalue weighted by Gasteiger charge is -2.32. The third-order valence-electron chi connectivity index (χ3n) is 4.63. The first kappa shape index (κ1) is 20.3. The van der Waals surface area contributed by atoms with Crippen molar-refractivity contribution in [3.63, 3.8) is 0 Å². The third kappa shape index (κ3) is 5.29. The first-order valence-corrected chi connectivity index (χ1v) is 9.18. The quantitative estimate of drug-likeness (QED) is 0.589. The van der Waals surface area contributed by atoms with E-state index in [0.29, 0.717) is 24.3 Å². The van der Waals surface area contributed by atoms with Crippen LogP contribution in [-0.4, -0.2) is 66.4 Å². The van der Waals surface area contributed by atoms with Gasteiger partial charge in [0.15, 0.2) is 12.4 Å². The van der Waals surface area contributed by atoms with Gasteiger partial charge < -0.3 is 19.9 Å². The number of nitrogens with one attached hydrogen (secondary N) is 1. The smallest absolute Gasteiger partial charge is 0.310 e. The second kappa shape index (κ2) is 9.16. The largest absolute Gasteiger partial charge is 0.477 e. The van der Waals surface area contributed by atoms with E-state index in [1.165, 1.54) is 18.2 Å². The molecule has 152 valence electrons. The number of nitro groups is 1. The lowest BCUT2D eigenvalue weighted by atomic mass is 10.1. The molecular formula is C20H22N4O5. The molecule has 0 spiro atoms. The molecule has 1 saturated heterocycles. The van der Waals surface area contributed by atoms with E-state index in [-0.39, 0.29) is 24.0 Å². The van der Waals surface area contributed by atoms with Crippen molar-refractivity contribution in [2.24, 2.45) is 0 Å². The number of para-hydroxylation sites is 2. The highest BCUT2D eigenvalue weighted by Gasteiger charge is 2.20. The Kier molecular flexibility index (Phi) is 6.40. The van der Waals surface area contributed by atoms with Crippen molar-refractivity contribution >= 4 is 23.2 Å². The number of carbonyl (C=O) groups is 2. The Bertz CT molecular complexity index is 892. The van der Waals surface area contributed by atoms with Gasteiger partial charge in [0.05, 0.1) is 4.92 Å². The van der Waals surface area contributed by atoms with Gasteiger partial charge in [0.25, 0.3) is 11.8 Å². The Labute approximate surface area is 168 Å². The predicted octanol–water partition coefficient (Wildman–Crippen LogP) is 2.00. The SMILES string of the molecule is CN1CCN(C(=O)c2ccc(NC(=O)COc3ccccc3[N+](=O)[O-])cc2)CC1. The first-order valence-electron chi connectivity index (χ1n) is 9.18. The summed E-state index contributed by atoms with van der Waals surface area (Å²) in [5.74, 6) is -0.460. The van der Waals surface area contributed by atoms with Crippen molar-refractivity contribution in [3.8, 4) is 5.75 Å². The zero-order valence-electron chi connectivity index (χ0n) is 16.0. The number of carbonyl (C=O) groups excluding carboxylic acids is 2. The van der Waals surface area contributed by atoms with Crippen molar-refractivity contribution < 1.29 is 19.2 Å². The van der Waals surface area contributed by atoms with Crippen molar-refractivity contribution in [2.75, 3.05) is 45.2 Å². The second-order valence-electron chi connectivity index (χ2n) is 6.73. The molecule has 1 heterocycles. The highest BCUT2D eigenvalue weighted by molar-refractivity contribution is 5.96. The van der Waals surface area contributed by atoms with Crippen LogP contribution in [0.25, 0.3) is 0 Å². The number of hydrogen-bond acceptors (Lipinski definition) is 6. The van der Waals surface area contributed by atoms with Crippen molar-refractivity contribution in [1.82, 2.24) is 9.80 Å². The zero-order chi connectivity index (χ0) is 20.8. The molecule has 0 aliphatic carbocycles. The van der Waals surface area contributed by atoms with Crippen LogP contribution in [0.3, 0.4) is 0 Å². The number of ether oxygens (including phenoxy) is 1. The Morgan fingerprint density at radius 1 is 1.07 bits per heavy atom. The molecule has 9 heteroatoms. The molecule has 0 bridgehead atoms. The van der Waals surface area contributed by atoms with E-state index in [1.54, 1.807) is 30.3 Å². The predicted molar refractivity (Wildman–Crippen MR) is 107 cm³/mol. The van der Waals surface area contributed by atoms with E-state index < -0.39 is 10.8 Å². The topological polar surface area (TPSA) is 105 Å². The van der Waals surface area contributed by atoms with Gasteiger partial charge in [-0.2, -0.15) is 0 Å². The minimum atomic E-state index is -0.566. The maximum atomic E-state index is 12.5. The molecule has 1 N–H and O–H groups in total. The Hall–Kier alpha value is -3.46. The molecule has 29 heavy (non-hydrogen) atoms. The summed E-state index contributed by atoms with van der Waals surface area (Å²) in [5, 5.41) is 13.6. The minimum Gasteiger partial charge on any atom is -0.477 e. The van der Waals surface area contributed by atoms with Gasteiger partial charge >= 0.3 is 5.69 Å². The monoisotopic (exact) mass is 398 g/mol. The molecule has 1 fully saturated rings. The van der Waals surface area contributed by atoms with Gasteiger partial charge in [-0.15, -0.1) is 0 Å². The number of nitrogens with zero attached hydrogens (tertiary/aromatic N) is 3. The molecule has 9 nitrogen and oxygen atoms in total. The average molecular weight is 398 g/mol. The first-order chi connectivity index (χ1) is 13.9. The van der Waals surface area contributed by atoms with Crippen molar-refractivity contribution in [3.05, 3.63) is 64.2 Å². The van der Waals surface area contributed by atoms with Crippen LogP contribution in [0.1, 0.15) is 10.4 Å². The number of anilines is 1. The summed E-state index contributed by atoms with van der Waals surface area (Å²) in [6.07, 6.45) is 0. The molecule has 0 atom stereocenters. The van der Waals surface area contributed by atoms with E-state index in [0.717, 1.165) is 13.1 Å². The fraction of sp³-hybridized carbons (Fsp3) is 0.300. The fourth-order valence-electron chi connectivity index (χ4n) is 2.96. The molecule has 0 radical (unpaired) electrons. The van der Waals surface area contributed by atoms with Gasteiger partial charge in [0.1, 0.15) is 0 Å². The number of likely N-dealkylation sites (N-methyl/N-ethyl adjacent to an activating group) is 1. The number of piperazine rings is 1. The summed E-state index contributed by atoms with van der Waals surface area (Å²) in [6.45, 7) is 2.71. The van der Waals surface area contributed by atoms with Gasteiger partial charge in [-0.05, 0) is 37.4 Å². The molecule has 0 aromatic heterocycles. The molecule has 2 aromatic rings. The summed E-state index contributed by atoms with van der Waals surface area (Å²) in [4.78, 5) is 39.0. The second-order valence-corrected chi connectivity index (χ2v) is 6.73. The highest BCUT2D eigenvalue weighted by atomic mass is 16.6. The average Bonchev–Trinajstić information content (AvgIpc) is 2.73. The Morgan fingerprint density at radius 2 is 1.72 bits per heavy atom. The van der Waals surface area contributed by atoms with Crippen molar-refractivity contribution in [2.45, 2.75) is 0 Å². The number of benzene rings is 2. The number of nitro benzene ring substituents is 1. The van der Waals surface area contributed by atoms with Gasteiger partial charge in [0.2, 0.25) is 0 Å². The summed E-state index contributed by atoms with van der Waals surface area (Å²) in [7, 11) is 2.03. The lowest BCUT2D eigenvalue weighted by Crippen LogP contribution is -2.47. The number of amides is 2. The third-order valence-corrected chi connectivity index (χ3v) is 4.63. The summed E-state index contributed by atoms with van der Waals surface area (Å²) in [5.41, 5.74) is 0.867. The van der Waals surface area contributed by atoms with Gasteiger partial charge in [0, 0.05) is 43.5 Å². The standard InChI is InChI=1S/C20H22N4O5/c1-22-10-12-23(13-11-22)20(26)15-6-8-16(9-7-15)21-19(25)14-29-18-5-3-2-4-17(18)24(27)28/h2-9H,10-14H2,1H3,(H,21,25). The van der Waals surface area contributed by atoms with Crippen LogP contribution in [-0.2, 0) is 4.79 Å². The van der Waals surface area contributed by atoms with E-state index in [2.05, 4.69) is 10.2 Å².